The molecule has 1 aliphatic rings. The Bertz CT molecular complexity index is 1500. The van der Waals surface area contributed by atoms with Crippen molar-refractivity contribution < 1.29 is 13.9 Å². The van der Waals surface area contributed by atoms with Crippen LogP contribution < -0.4 is 10.7 Å². The second-order valence-electron chi connectivity index (χ2n) is 8.10. The van der Waals surface area contributed by atoms with E-state index in [0.717, 1.165) is 17.3 Å². The summed E-state index contributed by atoms with van der Waals surface area (Å²) in [6.45, 7) is 4.81. The van der Waals surface area contributed by atoms with Crippen molar-refractivity contribution in [1.82, 2.24) is 19.7 Å². The molecule has 0 radical (unpaired) electrons. The minimum absolute atomic E-state index is 0.0102. The van der Waals surface area contributed by atoms with E-state index in [1.807, 2.05) is 6.92 Å². The molecule has 1 aromatic carbocycles. The highest BCUT2D eigenvalue weighted by Gasteiger charge is 2.23. The van der Waals surface area contributed by atoms with Crippen LogP contribution >= 0.6 is 11.6 Å². The predicted octanol–water partition coefficient (Wildman–Crippen LogP) is 3.95. The molecular weight excluding hydrogens is 461 g/mol. The van der Waals surface area contributed by atoms with Crippen molar-refractivity contribution in [3.05, 3.63) is 86.3 Å². The molecule has 172 valence electrons. The molecule has 1 aliphatic heterocycles. The Morgan fingerprint density at radius 3 is 2.65 bits per heavy atom. The summed E-state index contributed by atoms with van der Waals surface area (Å²) in [6.07, 6.45) is 1.51. The average molecular weight is 480 g/mol. The van der Waals surface area contributed by atoms with Gasteiger partial charge in [0.05, 0.1) is 30.6 Å². The number of fused-ring (bicyclic) bond motifs is 1. The Balaban J connectivity index is 1.60. The fraction of sp³-hybridized carbons (Fsp3) is 0.208. The molecule has 4 heterocycles. The van der Waals surface area contributed by atoms with Gasteiger partial charge in [0.2, 0.25) is 5.43 Å². The van der Waals surface area contributed by atoms with E-state index >= 15 is 0 Å². The molecule has 0 aliphatic carbocycles. The third kappa shape index (κ3) is 3.93. The van der Waals surface area contributed by atoms with Crippen molar-refractivity contribution in [3.8, 4) is 5.69 Å². The maximum Gasteiger partial charge on any atom is 0.280 e. The monoisotopic (exact) mass is 479 g/mol. The molecule has 0 unspecified atom stereocenters. The van der Waals surface area contributed by atoms with Gasteiger partial charge < -0.3 is 10.1 Å². The summed E-state index contributed by atoms with van der Waals surface area (Å²) >= 11 is 5.90. The lowest BCUT2D eigenvalue weighted by Gasteiger charge is -2.25. The van der Waals surface area contributed by atoms with Gasteiger partial charge in [-0.3, -0.25) is 14.6 Å². The topological polar surface area (TPSA) is 99.0 Å². The van der Waals surface area contributed by atoms with Gasteiger partial charge >= 0.3 is 0 Å². The lowest BCUT2D eigenvalue weighted by Crippen LogP contribution is -2.28. The van der Waals surface area contributed by atoms with E-state index < -0.39 is 22.8 Å². The molecule has 4 aromatic rings. The van der Waals surface area contributed by atoms with Crippen LogP contribution in [0.4, 0.5) is 10.1 Å². The Morgan fingerprint density at radius 2 is 2.00 bits per heavy atom. The third-order valence-corrected chi connectivity index (χ3v) is 5.99. The molecule has 1 saturated heterocycles. The van der Waals surface area contributed by atoms with Crippen molar-refractivity contribution >= 4 is 34.2 Å². The molecule has 0 atom stereocenters. The molecule has 5 rings (SSSR count). The predicted molar refractivity (Wildman–Crippen MR) is 125 cm³/mol. The second-order valence-corrected chi connectivity index (χ2v) is 8.54. The highest BCUT2D eigenvalue weighted by atomic mass is 35.5. The lowest BCUT2D eigenvalue weighted by atomic mass is 10.0. The number of anilines is 1. The first kappa shape index (κ1) is 22.1. The Labute approximate surface area is 198 Å². The van der Waals surface area contributed by atoms with Gasteiger partial charge in [-0.25, -0.2) is 14.1 Å². The molecular formula is C24H19ClFN5O3. The van der Waals surface area contributed by atoms with Crippen LogP contribution in [0, 0.1) is 19.7 Å². The van der Waals surface area contributed by atoms with E-state index in [4.69, 9.17) is 16.3 Å². The number of ether oxygens (including phenoxy) is 1. The average Bonchev–Trinajstić information content (AvgIpc) is 2.76. The van der Waals surface area contributed by atoms with Crippen LogP contribution in [0.5, 0.6) is 0 Å². The number of carbonyl (C=O) groups excluding carboxylic acids is 1. The SMILES string of the molecule is Cc1cc2c(nc1C)c(=O)c(C(=O)Nc1ccc(C3COC3)nc1)nn2-c1ccc(Cl)cc1F. The van der Waals surface area contributed by atoms with Crippen LogP contribution in [-0.4, -0.2) is 38.9 Å². The second kappa shape index (κ2) is 8.58. The van der Waals surface area contributed by atoms with Gasteiger partial charge in [-0.2, -0.15) is 5.10 Å². The highest BCUT2D eigenvalue weighted by Crippen LogP contribution is 2.24. The molecule has 1 N–H and O–H groups in total. The summed E-state index contributed by atoms with van der Waals surface area (Å²) in [5.41, 5.74) is 1.91. The van der Waals surface area contributed by atoms with Gasteiger partial charge in [0.25, 0.3) is 5.91 Å². The zero-order valence-corrected chi connectivity index (χ0v) is 19.1. The first-order chi connectivity index (χ1) is 16.3. The highest BCUT2D eigenvalue weighted by molar-refractivity contribution is 6.30. The summed E-state index contributed by atoms with van der Waals surface area (Å²) in [7, 11) is 0. The molecule has 1 fully saturated rings. The zero-order chi connectivity index (χ0) is 24.0. The van der Waals surface area contributed by atoms with Gasteiger partial charge in [0.1, 0.15) is 17.0 Å². The van der Waals surface area contributed by atoms with Crippen LogP contribution in [0.25, 0.3) is 16.7 Å². The van der Waals surface area contributed by atoms with E-state index in [2.05, 4.69) is 20.4 Å². The number of aryl methyl sites for hydroxylation is 2. The van der Waals surface area contributed by atoms with Crippen LogP contribution in [-0.2, 0) is 4.74 Å². The van der Waals surface area contributed by atoms with Crippen molar-refractivity contribution in [2.75, 3.05) is 18.5 Å². The molecule has 0 bridgehead atoms. The van der Waals surface area contributed by atoms with Gasteiger partial charge in [0.15, 0.2) is 5.69 Å². The number of halogens is 2. The summed E-state index contributed by atoms with van der Waals surface area (Å²) in [5.74, 6) is -1.17. The number of amides is 1. The zero-order valence-electron chi connectivity index (χ0n) is 18.3. The minimum Gasteiger partial charge on any atom is -0.380 e. The van der Waals surface area contributed by atoms with Crippen LogP contribution in [0.15, 0.2) is 47.4 Å². The van der Waals surface area contributed by atoms with Crippen molar-refractivity contribution in [3.63, 3.8) is 0 Å². The van der Waals surface area contributed by atoms with E-state index in [-0.39, 0.29) is 27.7 Å². The van der Waals surface area contributed by atoms with Crippen molar-refractivity contribution in [2.45, 2.75) is 19.8 Å². The molecule has 34 heavy (non-hydrogen) atoms. The van der Waals surface area contributed by atoms with Gasteiger partial charge in [0, 0.05) is 22.3 Å². The van der Waals surface area contributed by atoms with Gasteiger partial charge in [-0.15, -0.1) is 0 Å². The number of hydrogen-bond donors (Lipinski definition) is 1. The summed E-state index contributed by atoms with van der Waals surface area (Å²) in [6, 6.07) is 9.25. The molecule has 10 heteroatoms. The van der Waals surface area contributed by atoms with Crippen LogP contribution in [0.3, 0.4) is 0 Å². The van der Waals surface area contributed by atoms with E-state index in [1.54, 1.807) is 25.1 Å². The normalized spacial score (nSPS) is 13.6. The van der Waals surface area contributed by atoms with Gasteiger partial charge in [-0.1, -0.05) is 11.6 Å². The van der Waals surface area contributed by atoms with Crippen LogP contribution in [0.1, 0.15) is 33.4 Å². The summed E-state index contributed by atoms with van der Waals surface area (Å²) in [5, 5.41) is 7.08. The van der Waals surface area contributed by atoms with E-state index in [9.17, 15) is 14.0 Å². The van der Waals surface area contributed by atoms with Gasteiger partial charge in [-0.05, 0) is 55.8 Å². The van der Waals surface area contributed by atoms with Crippen molar-refractivity contribution in [2.24, 2.45) is 0 Å². The molecule has 1 amide bonds. The van der Waals surface area contributed by atoms with E-state index in [1.165, 1.54) is 23.0 Å². The van der Waals surface area contributed by atoms with E-state index in [0.29, 0.717) is 24.6 Å². The summed E-state index contributed by atoms with van der Waals surface area (Å²) < 4.78 is 21.2. The number of nitrogens with zero attached hydrogens (tertiary/aromatic N) is 4. The van der Waals surface area contributed by atoms with Crippen LogP contribution in [0.2, 0.25) is 5.02 Å². The molecule has 0 saturated carbocycles. The molecule has 0 spiro atoms. The lowest BCUT2D eigenvalue weighted by molar-refractivity contribution is 0.00672. The smallest absolute Gasteiger partial charge is 0.280 e. The largest absolute Gasteiger partial charge is 0.380 e. The molecule has 8 nitrogen and oxygen atoms in total. The fourth-order valence-electron chi connectivity index (χ4n) is 3.63. The minimum atomic E-state index is -0.753. The summed E-state index contributed by atoms with van der Waals surface area (Å²) in [4.78, 5) is 35.0. The third-order valence-electron chi connectivity index (χ3n) is 5.76. The van der Waals surface area contributed by atoms with Crippen molar-refractivity contribution in [1.29, 1.82) is 0 Å². The Kier molecular flexibility index (Phi) is 5.59. The standard InChI is InChI=1S/C24H19ClFN5O3/c1-12-7-20-21(28-13(12)2)23(32)22(30-31(20)19-6-3-15(25)8-17(19)26)24(33)29-16-4-5-18(27-9-16)14-10-34-11-14/h3-9,14H,10-11H2,1-2H3,(H,29,33). The fourth-order valence-corrected chi connectivity index (χ4v) is 3.79. The number of hydrogen-bond acceptors (Lipinski definition) is 6. The number of carbonyl (C=O) groups is 1. The molecule has 3 aromatic heterocycles. The number of nitrogens with one attached hydrogen (secondary N) is 1. The number of rotatable bonds is 4. The maximum absolute atomic E-state index is 14.8. The number of benzene rings is 1. The maximum atomic E-state index is 14.8. The number of aromatic nitrogens is 4. The first-order valence-corrected chi connectivity index (χ1v) is 10.9. The Hall–Kier alpha value is -3.69. The Morgan fingerprint density at radius 1 is 1.21 bits per heavy atom. The first-order valence-electron chi connectivity index (χ1n) is 10.5. The number of pyridine rings is 2. The quantitative estimate of drug-likeness (QED) is 0.476.